The van der Waals surface area contributed by atoms with Gasteiger partial charge in [-0.15, -0.1) is 0 Å². The summed E-state index contributed by atoms with van der Waals surface area (Å²) in [6.45, 7) is 4.27. The number of rotatable bonds is 22. The van der Waals surface area contributed by atoms with Crippen LogP contribution in [0.1, 0.15) is 129 Å². The average Bonchev–Trinajstić information content (AvgIpc) is 2.74. The van der Waals surface area contributed by atoms with Crippen molar-refractivity contribution in [1.82, 2.24) is 0 Å². The van der Waals surface area contributed by atoms with Gasteiger partial charge in [-0.25, -0.2) is 0 Å². The van der Waals surface area contributed by atoms with Gasteiger partial charge < -0.3 is 4.89 Å². The molecule has 0 fully saturated rings. The zero-order valence-electron chi connectivity index (χ0n) is 22.2. The van der Waals surface area contributed by atoms with Crippen LogP contribution in [0.4, 0.5) is 0 Å². The van der Waals surface area contributed by atoms with E-state index in [1.54, 1.807) is 0 Å². The lowest BCUT2D eigenvalue weighted by Crippen LogP contribution is -2.55. The van der Waals surface area contributed by atoms with Gasteiger partial charge in [-0.05, 0) is 57.8 Å². The van der Waals surface area contributed by atoms with Gasteiger partial charge in [-0.1, -0.05) is 87.7 Å². The van der Waals surface area contributed by atoms with Gasteiger partial charge in [0.2, 0.25) is 0 Å². The van der Waals surface area contributed by atoms with Gasteiger partial charge in [0.15, 0.2) is 0 Å². The normalized spacial score (nSPS) is 15.0. The molecule has 32 heavy (non-hydrogen) atoms. The maximum Gasteiger partial charge on any atom is 0.376 e. The van der Waals surface area contributed by atoms with E-state index in [1.165, 1.54) is 89.9 Å². The van der Waals surface area contributed by atoms with Crippen molar-refractivity contribution >= 4 is 8.03 Å². The van der Waals surface area contributed by atoms with E-state index in [9.17, 15) is 9.46 Å². The summed E-state index contributed by atoms with van der Waals surface area (Å²) < 4.78 is 12.5. The molecule has 0 aromatic carbocycles. The molecule has 3 nitrogen and oxygen atoms in total. The lowest BCUT2D eigenvalue weighted by Gasteiger charge is -2.39. The zero-order valence-corrected chi connectivity index (χ0v) is 23.1. The molecule has 0 aromatic rings. The Morgan fingerprint density at radius 1 is 0.656 bits per heavy atom. The van der Waals surface area contributed by atoms with Gasteiger partial charge in [0.25, 0.3) is 5.28 Å². The molecule has 0 saturated heterocycles. The number of hydrogen-bond acceptors (Lipinski definition) is 2. The van der Waals surface area contributed by atoms with Crippen molar-refractivity contribution < 1.29 is 13.9 Å². The number of hydrogen-bond donors (Lipinski definition) is 0. The molecule has 0 aliphatic carbocycles. The molecule has 0 heterocycles. The Labute approximate surface area is 202 Å². The molecule has 0 radical (unpaired) electrons. The predicted molar refractivity (Wildman–Crippen MR) is 141 cm³/mol. The van der Waals surface area contributed by atoms with E-state index < -0.39 is 13.3 Å². The molecule has 0 spiro atoms. The van der Waals surface area contributed by atoms with Gasteiger partial charge in [-0.3, -0.25) is 4.48 Å². The van der Waals surface area contributed by atoms with Crippen molar-refractivity contribution in [3.05, 3.63) is 24.3 Å². The quantitative estimate of drug-likeness (QED) is 0.0690. The Hall–Kier alpha value is -0.500. The number of allylic oxidation sites excluding steroid dienone is 4. The van der Waals surface area contributed by atoms with Crippen LogP contribution in [0.15, 0.2) is 24.3 Å². The maximum absolute atomic E-state index is 11.9. The minimum absolute atomic E-state index is 0.506. The number of nitrogens with zero attached hydrogens (tertiary/aromatic N) is 1. The van der Waals surface area contributed by atoms with Crippen LogP contribution in [0.25, 0.3) is 0 Å². The van der Waals surface area contributed by atoms with E-state index in [-0.39, 0.29) is 0 Å². The first-order valence-corrected chi connectivity index (χ1v) is 14.8. The fourth-order valence-electron chi connectivity index (χ4n) is 4.51. The Bertz CT molecular complexity index is 510. The van der Waals surface area contributed by atoms with E-state index in [1.807, 2.05) is 28.1 Å². The molecule has 0 N–H and O–H groups in total. The summed E-state index contributed by atoms with van der Waals surface area (Å²) in [6, 6.07) is 0. The first kappa shape index (κ1) is 31.5. The summed E-state index contributed by atoms with van der Waals surface area (Å²) >= 11 is 0. The van der Waals surface area contributed by atoms with Crippen LogP contribution in [0.5, 0.6) is 0 Å². The molecule has 2 atom stereocenters. The van der Waals surface area contributed by atoms with Gasteiger partial charge in [0, 0.05) is 12.8 Å². The third-order valence-corrected chi connectivity index (χ3v) is 8.72. The van der Waals surface area contributed by atoms with Crippen LogP contribution in [-0.4, -0.2) is 30.9 Å². The van der Waals surface area contributed by atoms with Crippen LogP contribution in [-0.2, 0) is 4.57 Å². The molecular weight excluding hydrogens is 413 g/mol. The molecule has 0 aliphatic heterocycles. The molecule has 2 unspecified atom stereocenters. The Morgan fingerprint density at radius 3 is 1.41 bits per heavy atom. The molecule has 0 rings (SSSR count). The molecule has 0 amide bonds. The minimum atomic E-state index is -2.42. The van der Waals surface area contributed by atoms with Crippen LogP contribution in [0.3, 0.4) is 0 Å². The summed E-state index contributed by atoms with van der Waals surface area (Å²) in [6.07, 6.45) is 31.2. The summed E-state index contributed by atoms with van der Waals surface area (Å²) in [7, 11) is 3.61. The second kappa shape index (κ2) is 19.9. The summed E-state index contributed by atoms with van der Waals surface area (Å²) in [5, 5.41) is -0.605. The second-order valence-electron chi connectivity index (χ2n) is 10.3. The van der Waals surface area contributed by atoms with Crippen molar-refractivity contribution in [2.75, 3.05) is 21.1 Å². The third-order valence-electron chi connectivity index (χ3n) is 6.90. The van der Waals surface area contributed by atoms with Crippen LogP contribution in [0.2, 0.25) is 0 Å². The highest BCUT2D eigenvalue weighted by Gasteiger charge is 2.52. The highest BCUT2D eigenvalue weighted by molar-refractivity contribution is 7.38. The van der Waals surface area contributed by atoms with Gasteiger partial charge in [-0.2, -0.15) is 0 Å². The number of quaternary nitrogens is 1. The highest BCUT2D eigenvalue weighted by Crippen LogP contribution is 2.44. The standard InChI is InChI=1S/C28H55NO2P/c1-6-8-9-10-11-12-13-14-15-16-17-18-19-20-21-22-23-24-25-26-27-28(7-2,32(30)31)29(3,4)5/h11-12,17-18H,6-10,13-16,19-27H2,1-5H3/q+1/b12-11-,18-17-. The van der Waals surface area contributed by atoms with Crippen LogP contribution >= 0.6 is 8.03 Å². The largest absolute Gasteiger partial charge is 0.590 e. The molecule has 0 bridgehead atoms. The minimum Gasteiger partial charge on any atom is -0.590 e. The second-order valence-corrected chi connectivity index (χ2v) is 11.7. The monoisotopic (exact) mass is 468 g/mol. The molecule has 0 aliphatic rings. The van der Waals surface area contributed by atoms with Gasteiger partial charge in [0.1, 0.15) is 0 Å². The molecule has 188 valence electrons. The van der Waals surface area contributed by atoms with Crippen molar-refractivity contribution in [2.24, 2.45) is 0 Å². The van der Waals surface area contributed by atoms with Crippen LogP contribution in [0, 0.1) is 0 Å². The Morgan fingerprint density at radius 2 is 1.03 bits per heavy atom. The average molecular weight is 469 g/mol. The first-order chi connectivity index (χ1) is 15.3. The van der Waals surface area contributed by atoms with Crippen molar-refractivity contribution in [1.29, 1.82) is 0 Å². The Kier molecular flexibility index (Phi) is 19.6. The van der Waals surface area contributed by atoms with E-state index in [2.05, 4.69) is 31.2 Å². The molecule has 0 aromatic heterocycles. The first-order valence-electron chi connectivity index (χ1n) is 13.6. The molecule has 0 saturated carbocycles. The van der Waals surface area contributed by atoms with Crippen molar-refractivity contribution in [2.45, 2.75) is 135 Å². The van der Waals surface area contributed by atoms with Gasteiger partial charge >= 0.3 is 8.03 Å². The summed E-state index contributed by atoms with van der Waals surface area (Å²) in [4.78, 5) is 11.9. The number of unbranched alkanes of at least 4 members (excludes halogenated alkanes) is 13. The maximum atomic E-state index is 11.9. The zero-order chi connectivity index (χ0) is 24.1. The van der Waals surface area contributed by atoms with E-state index in [0.29, 0.717) is 10.9 Å². The lowest BCUT2D eigenvalue weighted by atomic mass is 10.0. The summed E-state index contributed by atoms with van der Waals surface area (Å²) in [5.41, 5.74) is 0. The topological polar surface area (TPSA) is 40.1 Å². The van der Waals surface area contributed by atoms with Gasteiger partial charge in [0.05, 0.1) is 21.1 Å². The molecule has 4 heteroatoms. The molecular formula is C28H55NO2P+. The smallest absolute Gasteiger partial charge is 0.376 e. The van der Waals surface area contributed by atoms with Crippen molar-refractivity contribution in [3.8, 4) is 0 Å². The summed E-state index contributed by atoms with van der Waals surface area (Å²) in [5.74, 6) is 0. The van der Waals surface area contributed by atoms with E-state index in [4.69, 9.17) is 0 Å². The Balaban J connectivity index is 3.58. The predicted octanol–water partition coefficient (Wildman–Crippen LogP) is 8.67. The van der Waals surface area contributed by atoms with Crippen molar-refractivity contribution in [3.63, 3.8) is 0 Å². The lowest BCUT2D eigenvalue weighted by molar-refractivity contribution is -0.910. The van der Waals surface area contributed by atoms with E-state index >= 15 is 0 Å². The fourth-order valence-corrected chi connectivity index (χ4v) is 5.60. The van der Waals surface area contributed by atoms with E-state index in [0.717, 1.165) is 19.3 Å². The third kappa shape index (κ3) is 14.6. The highest BCUT2D eigenvalue weighted by atomic mass is 31.1. The fraction of sp³-hybridized carbons (Fsp3) is 0.857. The van der Waals surface area contributed by atoms with Crippen LogP contribution < -0.4 is 4.89 Å². The SMILES string of the molecule is CCCCC/C=C\CCCC/C=C\CCCCCCCCCC(CC)([P+](=O)[O-])[N+](C)(C)C.